The maximum Gasteiger partial charge on any atom is 0.142 e. The van der Waals surface area contributed by atoms with E-state index in [0.717, 1.165) is 6.08 Å². The Balaban J connectivity index is 3.25. The van der Waals surface area contributed by atoms with Gasteiger partial charge in [0.15, 0.2) is 0 Å². The molecule has 0 spiro atoms. The van der Waals surface area contributed by atoms with Crippen molar-refractivity contribution in [3.8, 4) is 6.07 Å². The summed E-state index contributed by atoms with van der Waals surface area (Å²) in [5.74, 6) is -0.548. The summed E-state index contributed by atoms with van der Waals surface area (Å²) in [4.78, 5) is 0. The fraction of sp³-hybridized carbons (Fsp3) is 0. The fourth-order valence-corrected chi connectivity index (χ4v) is 1.11. The van der Waals surface area contributed by atoms with E-state index in [9.17, 15) is 4.39 Å². The second-order valence-corrected chi connectivity index (χ2v) is 2.71. The molecule has 0 heterocycles. The minimum absolute atomic E-state index is 0.0634. The van der Waals surface area contributed by atoms with Crippen LogP contribution in [0.15, 0.2) is 24.3 Å². The number of benzene rings is 1. The first-order valence-corrected chi connectivity index (χ1v) is 3.84. The summed E-state index contributed by atoms with van der Waals surface area (Å²) >= 11 is 5.62. The normalized spacial score (nSPS) is 11.0. The molecule has 0 saturated carbocycles. The third kappa shape index (κ3) is 1.98. The highest BCUT2D eigenvalue weighted by atomic mass is 35.5. The number of nitriles is 1. The van der Waals surface area contributed by atoms with Gasteiger partial charge in [0, 0.05) is 11.6 Å². The molecule has 0 bridgehead atoms. The lowest BCUT2D eigenvalue weighted by Crippen LogP contribution is -1.97. The monoisotopic (exact) mass is 196 g/mol. The van der Waals surface area contributed by atoms with Gasteiger partial charge in [0.05, 0.1) is 16.8 Å². The molecule has 0 fully saturated rings. The van der Waals surface area contributed by atoms with Crippen LogP contribution in [-0.2, 0) is 0 Å². The van der Waals surface area contributed by atoms with Crippen molar-refractivity contribution in [1.82, 2.24) is 0 Å². The Morgan fingerprint density at radius 1 is 1.62 bits per heavy atom. The van der Waals surface area contributed by atoms with E-state index >= 15 is 0 Å². The van der Waals surface area contributed by atoms with Crippen LogP contribution in [0.4, 0.5) is 4.39 Å². The third-order valence-electron chi connectivity index (χ3n) is 1.48. The van der Waals surface area contributed by atoms with Crippen LogP contribution in [0.1, 0.15) is 5.56 Å². The van der Waals surface area contributed by atoms with Gasteiger partial charge in [0.1, 0.15) is 5.82 Å². The lowest BCUT2D eigenvalue weighted by molar-refractivity contribution is 0.628. The standard InChI is InChI=1S/C9H6ClFN2/c10-9-6(8(13)4-5-12)2-1-3-7(9)11/h1-4H,13H2/b8-4+. The molecule has 1 rings (SSSR count). The van der Waals surface area contributed by atoms with Crippen LogP contribution >= 0.6 is 11.6 Å². The van der Waals surface area contributed by atoms with Gasteiger partial charge in [0.25, 0.3) is 0 Å². The van der Waals surface area contributed by atoms with E-state index in [2.05, 4.69) is 0 Å². The summed E-state index contributed by atoms with van der Waals surface area (Å²) in [6.07, 6.45) is 1.11. The third-order valence-corrected chi connectivity index (χ3v) is 1.87. The van der Waals surface area contributed by atoms with Crippen LogP contribution in [0.25, 0.3) is 5.70 Å². The Morgan fingerprint density at radius 2 is 2.31 bits per heavy atom. The zero-order chi connectivity index (χ0) is 9.84. The van der Waals surface area contributed by atoms with Crippen LogP contribution in [0.5, 0.6) is 0 Å². The van der Waals surface area contributed by atoms with Crippen LogP contribution in [0, 0.1) is 17.1 Å². The summed E-state index contributed by atoms with van der Waals surface area (Å²) in [7, 11) is 0. The van der Waals surface area contributed by atoms with Gasteiger partial charge in [-0.2, -0.15) is 5.26 Å². The highest BCUT2D eigenvalue weighted by Crippen LogP contribution is 2.23. The number of hydrogen-bond acceptors (Lipinski definition) is 2. The highest BCUT2D eigenvalue weighted by Gasteiger charge is 2.06. The molecule has 0 radical (unpaired) electrons. The van der Waals surface area contributed by atoms with E-state index in [1.807, 2.05) is 0 Å². The van der Waals surface area contributed by atoms with E-state index in [1.54, 1.807) is 12.1 Å². The molecule has 66 valence electrons. The predicted molar refractivity (Wildman–Crippen MR) is 49.2 cm³/mol. The average Bonchev–Trinajstić information content (AvgIpc) is 2.10. The molecule has 0 aliphatic rings. The van der Waals surface area contributed by atoms with Crippen LogP contribution < -0.4 is 5.73 Å². The minimum Gasteiger partial charge on any atom is -0.398 e. The van der Waals surface area contributed by atoms with Gasteiger partial charge in [-0.15, -0.1) is 0 Å². The number of rotatable bonds is 1. The average molecular weight is 197 g/mol. The molecule has 1 aromatic carbocycles. The first-order chi connectivity index (χ1) is 6.16. The van der Waals surface area contributed by atoms with Crippen molar-refractivity contribution in [2.45, 2.75) is 0 Å². The van der Waals surface area contributed by atoms with E-state index in [4.69, 9.17) is 22.6 Å². The van der Waals surface area contributed by atoms with Crippen molar-refractivity contribution < 1.29 is 4.39 Å². The number of nitrogens with two attached hydrogens (primary N) is 1. The summed E-state index contributed by atoms with van der Waals surface area (Å²) in [6.45, 7) is 0. The Labute approximate surface area is 80.0 Å². The topological polar surface area (TPSA) is 49.8 Å². The summed E-state index contributed by atoms with van der Waals surface area (Å²) in [5.41, 5.74) is 5.96. The van der Waals surface area contributed by atoms with Gasteiger partial charge >= 0.3 is 0 Å². The molecule has 4 heteroatoms. The molecule has 0 aliphatic heterocycles. The second-order valence-electron chi connectivity index (χ2n) is 2.33. The number of nitrogens with zero attached hydrogens (tertiary/aromatic N) is 1. The lowest BCUT2D eigenvalue weighted by atomic mass is 10.1. The Bertz CT molecular complexity index is 393. The molecule has 13 heavy (non-hydrogen) atoms. The zero-order valence-electron chi connectivity index (χ0n) is 6.59. The van der Waals surface area contributed by atoms with Crippen molar-refractivity contribution in [2.75, 3.05) is 0 Å². The van der Waals surface area contributed by atoms with Gasteiger partial charge < -0.3 is 5.73 Å². The molecule has 0 atom stereocenters. The zero-order valence-corrected chi connectivity index (χ0v) is 7.35. The number of allylic oxidation sites excluding steroid dienone is 1. The lowest BCUT2D eigenvalue weighted by Gasteiger charge is -2.02. The maximum absolute atomic E-state index is 12.9. The Kier molecular flexibility index (Phi) is 2.88. The molecule has 2 nitrogen and oxygen atoms in total. The summed E-state index contributed by atoms with van der Waals surface area (Å²) in [5, 5.41) is 8.25. The Morgan fingerprint density at radius 3 is 2.92 bits per heavy atom. The first kappa shape index (κ1) is 9.56. The fourth-order valence-electron chi connectivity index (χ4n) is 0.874. The maximum atomic E-state index is 12.9. The van der Waals surface area contributed by atoms with Crippen molar-refractivity contribution in [2.24, 2.45) is 5.73 Å². The molecule has 0 saturated heterocycles. The van der Waals surface area contributed by atoms with Crippen LogP contribution in [-0.4, -0.2) is 0 Å². The second kappa shape index (κ2) is 3.92. The van der Waals surface area contributed by atoms with E-state index < -0.39 is 5.82 Å². The van der Waals surface area contributed by atoms with Gasteiger partial charge in [-0.05, 0) is 6.07 Å². The molecule has 2 N–H and O–H groups in total. The van der Waals surface area contributed by atoms with Crippen LogP contribution in [0.2, 0.25) is 5.02 Å². The first-order valence-electron chi connectivity index (χ1n) is 3.46. The van der Waals surface area contributed by atoms with Crippen molar-refractivity contribution >= 4 is 17.3 Å². The van der Waals surface area contributed by atoms with E-state index in [1.165, 1.54) is 12.1 Å². The van der Waals surface area contributed by atoms with Crippen LogP contribution in [0.3, 0.4) is 0 Å². The van der Waals surface area contributed by atoms with Gasteiger partial charge in [0.2, 0.25) is 0 Å². The molecule has 0 unspecified atom stereocenters. The Hall–Kier alpha value is -1.53. The molecule has 0 amide bonds. The largest absolute Gasteiger partial charge is 0.398 e. The van der Waals surface area contributed by atoms with Crippen molar-refractivity contribution in [1.29, 1.82) is 5.26 Å². The molecule has 1 aromatic rings. The van der Waals surface area contributed by atoms with Gasteiger partial charge in [-0.25, -0.2) is 4.39 Å². The molecule has 0 aliphatic carbocycles. The summed E-state index contributed by atoms with van der Waals surface area (Å²) in [6, 6.07) is 6.00. The minimum atomic E-state index is -0.548. The highest BCUT2D eigenvalue weighted by molar-refractivity contribution is 6.32. The number of halogens is 2. The van der Waals surface area contributed by atoms with Crippen molar-refractivity contribution in [3.63, 3.8) is 0 Å². The summed E-state index contributed by atoms with van der Waals surface area (Å²) < 4.78 is 12.9. The molecule has 0 aromatic heterocycles. The molecular weight excluding hydrogens is 191 g/mol. The predicted octanol–water partition coefficient (Wildman–Crippen LogP) is 2.30. The number of hydrogen-bond donors (Lipinski definition) is 1. The van der Waals surface area contributed by atoms with Gasteiger partial charge in [-0.3, -0.25) is 0 Å². The van der Waals surface area contributed by atoms with Crippen molar-refractivity contribution in [3.05, 3.63) is 40.7 Å². The van der Waals surface area contributed by atoms with E-state index in [-0.39, 0.29) is 10.7 Å². The smallest absolute Gasteiger partial charge is 0.142 e. The quantitative estimate of drug-likeness (QED) is 0.701. The van der Waals surface area contributed by atoms with E-state index in [0.29, 0.717) is 5.56 Å². The van der Waals surface area contributed by atoms with Gasteiger partial charge in [-0.1, -0.05) is 23.7 Å². The SMILES string of the molecule is N#C/C=C(/N)c1cccc(F)c1Cl. The molecular formula is C9H6ClFN2.